The molecule has 0 radical (unpaired) electrons. The number of benzene rings is 3. The van der Waals surface area contributed by atoms with Gasteiger partial charge in [-0.05, 0) is 33.2 Å². The Morgan fingerprint density at radius 1 is 0.857 bits per heavy atom. The first-order valence-corrected chi connectivity index (χ1v) is 9.09. The van der Waals surface area contributed by atoms with Crippen molar-refractivity contribution in [2.45, 2.75) is 12.2 Å². The molecule has 3 aromatic rings. The number of carbonyl (C=O) groups excluding carboxylic acids is 3. The molecular weight excluding hydrogens is 356 g/mol. The van der Waals surface area contributed by atoms with E-state index < -0.39 is 36.1 Å². The van der Waals surface area contributed by atoms with Gasteiger partial charge in [-0.25, -0.2) is 9.59 Å². The number of urea groups is 2. The van der Waals surface area contributed by atoms with Crippen molar-refractivity contribution < 1.29 is 14.4 Å². The molecule has 3 aromatic carbocycles. The molecule has 2 saturated heterocycles. The van der Waals surface area contributed by atoms with E-state index in [0.29, 0.717) is 0 Å². The molecule has 7 heteroatoms. The van der Waals surface area contributed by atoms with Gasteiger partial charge in [0.2, 0.25) is 5.91 Å². The van der Waals surface area contributed by atoms with Crippen LogP contribution in [-0.2, 0) is 4.79 Å². The zero-order valence-electron chi connectivity index (χ0n) is 15.1. The summed E-state index contributed by atoms with van der Waals surface area (Å²) in [7, 11) is 1.57. The van der Waals surface area contributed by atoms with E-state index in [9.17, 15) is 14.4 Å². The number of nitrogens with zero attached hydrogens (tertiary/aromatic N) is 1. The molecule has 2 aliphatic heterocycles. The maximum atomic E-state index is 12.8. The highest BCUT2D eigenvalue weighted by Crippen LogP contribution is 2.39. The average molecular weight is 374 g/mol. The van der Waals surface area contributed by atoms with Gasteiger partial charge in [-0.1, -0.05) is 48.5 Å². The van der Waals surface area contributed by atoms with Gasteiger partial charge in [0.15, 0.2) is 0 Å². The van der Waals surface area contributed by atoms with Crippen molar-refractivity contribution in [1.82, 2.24) is 20.9 Å². The Hall–Kier alpha value is -3.61. The molecule has 0 bridgehead atoms. The summed E-state index contributed by atoms with van der Waals surface area (Å²) in [6.45, 7) is 0. The minimum atomic E-state index is -0.710. The summed E-state index contributed by atoms with van der Waals surface area (Å²) >= 11 is 0. The van der Waals surface area contributed by atoms with Gasteiger partial charge in [-0.2, -0.15) is 0 Å². The van der Waals surface area contributed by atoms with E-state index in [0.717, 1.165) is 27.1 Å². The van der Waals surface area contributed by atoms with Crippen LogP contribution in [0.3, 0.4) is 0 Å². The van der Waals surface area contributed by atoms with Crippen LogP contribution in [0.15, 0.2) is 54.6 Å². The molecule has 3 atom stereocenters. The topological polar surface area (TPSA) is 90.5 Å². The summed E-state index contributed by atoms with van der Waals surface area (Å²) in [5.41, 5.74) is 0.886. The van der Waals surface area contributed by atoms with Gasteiger partial charge in [0.25, 0.3) is 0 Å². The van der Waals surface area contributed by atoms with Crippen LogP contribution in [0.2, 0.25) is 0 Å². The van der Waals surface area contributed by atoms with Crippen LogP contribution >= 0.6 is 0 Å². The molecule has 0 spiro atoms. The molecule has 2 fully saturated rings. The SMILES string of the molecule is CN1C(=O)NC(=O)C2C(c3c4ccccc4cc4ccccc34)NC(=O)NC21. The van der Waals surface area contributed by atoms with Crippen LogP contribution in [0.4, 0.5) is 9.59 Å². The highest BCUT2D eigenvalue weighted by molar-refractivity contribution is 6.05. The number of fused-ring (bicyclic) bond motifs is 3. The molecule has 2 aliphatic rings. The fourth-order valence-electron chi connectivity index (χ4n) is 4.35. The van der Waals surface area contributed by atoms with Crippen LogP contribution in [0.25, 0.3) is 21.5 Å². The molecule has 3 N–H and O–H groups in total. The predicted molar refractivity (Wildman–Crippen MR) is 104 cm³/mol. The van der Waals surface area contributed by atoms with Crippen LogP contribution in [0, 0.1) is 5.92 Å². The summed E-state index contributed by atoms with van der Waals surface area (Å²) in [6.07, 6.45) is -0.710. The fraction of sp³-hybridized carbons (Fsp3) is 0.190. The van der Waals surface area contributed by atoms with Crippen LogP contribution < -0.4 is 16.0 Å². The Labute approximate surface area is 160 Å². The van der Waals surface area contributed by atoms with E-state index in [1.807, 2.05) is 48.5 Å². The van der Waals surface area contributed by atoms with Gasteiger partial charge in [0, 0.05) is 7.05 Å². The van der Waals surface area contributed by atoms with E-state index in [1.165, 1.54) is 4.90 Å². The number of hydrogen-bond donors (Lipinski definition) is 3. The highest BCUT2D eigenvalue weighted by Gasteiger charge is 2.49. The number of imide groups is 1. The second-order valence-corrected chi connectivity index (χ2v) is 7.20. The van der Waals surface area contributed by atoms with Gasteiger partial charge in [0.1, 0.15) is 12.1 Å². The molecule has 3 unspecified atom stereocenters. The molecule has 0 aliphatic carbocycles. The van der Waals surface area contributed by atoms with Gasteiger partial charge in [0.05, 0.1) is 6.04 Å². The Morgan fingerprint density at radius 3 is 2.11 bits per heavy atom. The molecule has 5 amide bonds. The van der Waals surface area contributed by atoms with E-state index >= 15 is 0 Å². The molecule has 0 saturated carbocycles. The highest BCUT2D eigenvalue weighted by atomic mass is 16.2. The largest absolute Gasteiger partial charge is 0.330 e. The zero-order chi connectivity index (χ0) is 19.4. The monoisotopic (exact) mass is 374 g/mol. The third-order valence-corrected chi connectivity index (χ3v) is 5.66. The minimum Gasteiger partial charge on any atom is -0.330 e. The summed E-state index contributed by atoms with van der Waals surface area (Å²) < 4.78 is 0. The van der Waals surface area contributed by atoms with E-state index in [2.05, 4.69) is 22.0 Å². The fourth-order valence-corrected chi connectivity index (χ4v) is 4.35. The molecule has 28 heavy (non-hydrogen) atoms. The first-order chi connectivity index (χ1) is 13.5. The lowest BCUT2D eigenvalue weighted by atomic mass is 9.82. The van der Waals surface area contributed by atoms with Gasteiger partial charge in [-0.3, -0.25) is 10.1 Å². The van der Waals surface area contributed by atoms with Crippen molar-refractivity contribution in [1.29, 1.82) is 0 Å². The third kappa shape index (κ3) is 2.32. The molecule has 7 nitrogen and oxygen atoms in total. The average Bonchev–Trinajstić information content (AvgIpc) is 2.69. The zero-order valence-corrected chi connectivity index (χ0v) is 15.1. The van der Waals surface area contributed by atoms with Crippen molar-refractivity contribution >= 4 is 39.5 Å². The number of hydrogen-bond acceptors (Lipinski definition) is 3. The van der Waals surface area contributed by atoms with Gasteiger partial charge < -0.3 is 15.5 Å². The van der Waals surface area contributed by atoms with Crippen LogP contribution in [0.5, 0.6) is 0 Å². The number of nitrogens with one attached hydrogen (secondary N) is 3. The standard InChI is InChI=1S/C21H18N4O3/c1-25-18-16(19(26)24-21(25)28)17(22-20(27)23-18)15-13-8-4-2-6-11(13)10-12-7-3-5-9-14(12)15/h2-10,16-18H,1H3,(H2,22,23,27)(H,24,26,28). The lowest BCUT2D eigenvalue weighted by molar-refractivity contribution is -0.130. The first kappa shape index (κ1) is 16.6. The van der Waals surface area contributed by atoms with E-state index in [4.69, 9.17) is 0 Å². The predicted octanol–water partition coefficient (Wildman–Crippen LogP) is 2.47. The smallest absolute Gasteiger partial charge is 0.325 e. The van der Waals surface area contributed by atoms with Crippen LogP contribution in [-0.4, -0.2) is 36.1 Å². The Kier molecular flexibility index (Phi) is 3.52. The van der Waals surface area contributed by atoms with Crippen molar-refractivity contribution in [2.24, 2.45) is 5.92 Å². The maximum absolute atomic E-state index is 12.8. The molecule has 2 heterocycles. The minimum absolute atomic E-state index is 0.400. The summed E-state index contributed by atoms with van der Waals surface area (Å²) in [5.74, 6) is -1.06. The van der Waals surface area contributed by atoms with Gasteiger partial charge >= 0.3 is 12.1 Å². The van der Waals surface area contributed by atoms with Crippen molar-refractivity contribution in [3.05, 3.63) is 60.2 Å². The third-order valence-electron chi connectivity index (χ3n) is 5.66. The van der Waals surface area contributed by atoms with Crippen molar-refractivity contribution in [3.63, 3.8) is 0 Å². The Balaban J connectivity index is 1.79. The number of rotatable bonds is 1. The lowest BCUT2D eigenvalue weighted by Gasteiger charge is -2.45. The Bertz CT molecular complexity index is 1100. The van der Waals surface area contributed by atoms with Crippen LogP contribution in [0.1, 0.15) is 11.6 Å². The normalized spacial score (nSPS) is 24.5. The molecule has 140 valence electrons. The van der Waals surface area contributed by atoms with Crippen molar-refractivity contribution in [2.75, 3.05) is 7.05 Å². The second-order valence-electron chi connectivity index (χ2n) is 7.20. The summed E-state index contributed by atoms with van der Waals surface area (Å²) in [5, 5.41) is 12.0. The van der Waals surface area contributed by atoms with E-state index in [1.54, 1.807) is 7.05 Å². The molecule has 0 aromatic heterocycles. The van der Waals surface area contributed by atoms with Crippen molar-refractivity contribution in [3.8, 4) is 0 Å². The first-order valence-electron chi connectivity index (χ1n) is 9.09. The Morgan fingerprint density at radius 2 is 1.46 bits per heavy atom. The molecule has 5 rings (SSSR count). The van der Waals surface area contributed by atoms with E-state index in [-0.39, 0.29) is 0 Å². The number of amides is 5. The number of carbonyl (C=O) groups is 3. The second kappa shape index (κ2) is 5.95. The maximum Gasteiger partial charge on any atom is 0.325 e. The lowest BCUT2D eigenvalue weighted by Crippen LogP contribution is -2.71. The van der Waals surface area contributed by atoms with Gasteiger partial charge in [-0.15, -0.1) is 0 Å². The molecular formula is C21H18N4O3. The quantitative estimate of drug-likeness (QED) is 0.572. The summed E-state index contributed by atoms with van der Waals surface area (Å²) in [6, 6.07) is 16.4. The summed E-state index contributed by atoms with van der Waals surface area (Å²) in [4.78, 5) is 38.7.